The molecule has 2 aromatic rings. The second kappa shape index (κ2) is 5.01. The van der Waals surface area contributed by atoms with Crippen LogP contribution in [0.5, 0.6) is 0 Å². The van der Waals surface area contributed by atoms with E-state index < -0.39 is 6.10 Å². The maximum absolute atomic E-state index is 10.2. The van der Waals surface area contributed by atoms with Crippen molar-refractivity contribution in [3.05, 3.63) is 45.5 Å². The van der Waals surface area contributed by atoms with Crippen molar-refractivity contribution in [2.75, 3.05) is 6.54 Å². The Kier molecular flexibility index (Phi) is 3.66. The number of nitrogens with two attached hydrogens (primary N) is 1. The van der Waals surface area contributed by atoms with Crippen LogP contribution in [0.1, 0.15) is 22.5 Å². The van der Waals surface area contributed by atoms with Gasteiger partial charge in [-0.2, -0.15) is 0 Å². The summed E-state index contributed by atoms with van der Waals surface area (Å²) < 4.78 is 4.97. The van der Waals surface area contributed by atoms with Crippen LogP contribution in [0.2, 0.25) is 5.22 Å². The zero-order valence-corrected chi connectivity index (χ0v) is 10.0. The van der Waals surface area contributed by atoms with Crippen LogP contribution in [0.25, 0.3) is 0 Å². The zero-order valence-electron chi connectivity index (χ0n) is 8.47. The van der Waals surface area contributed by atoms with Gasteiger partial charge in [-0.15, -0.1) is 11.3 Å². The molecule has 2 atom stereocenters. The highest BCUT2D eigenvalue weighted by atomic mass is 35.5. The van der Waals surface area contributed by atoms with E-state index in [1.165, 1.54) is 6.26 Å². The second-order valence-electron chi connectivity index (χ2n) is 3.45. The lowest BCUT2D eigenvalue weighted by Gasteiger charge is -2.19. The first kappa shape index (κ1) is 11.7. The van der Waals surface area contributed by atoms with Crippen LogP contribution in [0.15, 0.2) is 34.3 Å². The topological polar surface area (TPSA) is 59.4 Å². The Labute approximate surface area is 102 Å². The first-order chi connectivity index (χ1) is 7.74. The monoisotopic (exact) mass is 257 g/mol. The summed E-state index contributed by atoms with van der Waals surface area (Å²) in [4.78, 5) is 1.05. The third-order valence-corrected chi connectivity index (χ3v) is 3.82. The number of aliphatic hydroxyl groups excluding tert-OH is 1. The molecule has 0 aliphatic heterocycles. The van der Waals surface area contributed by atoms with E-state index in [4.69, 9.17) is 21.8 Å². The van der Waals surface area contributed by atoms with E-state index in [1.54, 1.807) is 17.4 Å². The lowest BCUT2D eigenvalue weighted by atomic mass is 9.96. The van der Waals surface area contributed by atoms with Crippen LogP contribution < -0.4 is 5.73 Å². The number of aliphatic hydroxyl groups is 1. The number of furan rings is 1. The molecule has 0 radical (unpaired) electrons. The van der Waals surface area contributed by atoms with Crippen LogP contribution in [0.3, 0.4) is 0 Å². The van der Waals surface area contributed by atoms with Gasteiger partial charge in [-0.25, -0.2) is 0 Å². The van der Waals surface area contributed by atoms with Crippen molar-refractivity contribution in [2.24, 2.45) is 5.73 Å². The maximum atomic E-state index is 10.2. The van der Waals surface area contributed by atoms with Crippen molar-refractivity contribution in [1.82, 2.24) is 0 Å². The largest absolute Gasteiger partial charge is 0.453 e. The minimum Gasteiger partial charge on any atom is -0.453 e. The van der Waals surface area contributed by atoms with E-state index in [2.05, 4.69) is 0 Å². The van der Waals surface area contributed by atoms with Gasteiger partial charge < -0.3 is 15.3 Å². The van der Waals surface area contributed by atoms with E-state index >= 15 is 0 Å². The summed E-state index contributed by atoms with van der Waals surface area (Å²) in [6.45, 7) is 0.364. The molecule has 0 bridgehead atoms. The first-order valence-electron chi connectivity index (χ1n) is 4.88. The lowest BCUT2D eigenvalue weighted by molar-refractivity contribution is 0.148. The van der Waals surface area contributed by atoms with Crippen LogP contribution >= 0.6 is 22.9 Å². The quantitative estimate of drug-likeness (QED) is 0.886. The zero-order chi connectivity index (χ0) is 11.5. The molecule has 2 heterocycles. The molecule has 3 nitrogen and oxygen atoms in total. The molecule has 2 aromatic heterocycles. The Hall–Kier alpha value is -0.810. The molecule has 0 aromatic carbocycles. The molecule has 2 rings (SSSR count). The predicted octanol–water partition coefficient (Wildman–Crippen LogP) is 2.77. The van der Waals surface area contributed by atoms with Crippen LogP contribution in [-0.2, 0) is 0 Å². The van der Waals surface area contributed by atoms with E-state index in [1.807, 2.05) is 17.5 Å². The van der Waals surface area contributed by atoms with Gasteiger partial charge in [0.05, 0.1) is 12.4 Å². The summed E-state index contributed by atoms with van der Waals surface area (Å²) in [5.41, 5.74) is 6.28. The summed E-state index contributed by atoms with van der Waals surface area (Å²) in [5, 5.41) is 12.4. The van der Waals surface area contributed by atoms with Gasteiger partial charge in [-0.05, 0) is 29.1 Å². The third-order valence-electron chi connectivity index (χ3n) is 2.51. The van der Waals surface area contributed by atoms with Gasteiger partial charge in [0.25, 0.3) is 0 Å². The highest BCUT2D eigenvalue weighted by Crippen LogP contribution is 2.36. The average molecular weight is 258 g/mol. The van der Waals surface area contributed by atoms with Gasteiger partial charge in [-0.1, -0.05) is 6.07 Å². The fourth-order valence-electron chi connectivity index (χ4n) is 1.64. The van der Waals surface area contributed by atoms with Crippen LogP contribution in [0, 0.1) is 0 Å². The average Bonchev–Trinajstić information content (AvgIpc) is 2.90. The molecular weight excluding hydrogens is 246 g/mol. The molecule has 0 amide bonds. The standard InChI is InChI=1S/C11H12ClNO2S/c12-11-7(3-4-15-11)10(14)8(6-13)9-2-1-5-16-9/h1-5,8,10,14H,6,13H2. The normalized spacial score (nSPS) is 14.9. The molecule has 86 valence electrons. The number of hydrogen-bond acceptors (Lipinski definition) is 4. The SMILES string of the molecule is NCC(c1cccs1)C(O)c1ccoc1Cl. The number of hydrogen-bond donors (Lipinski definition) is 2. The van der Waals surface area contributed by atoms with Crippen molar-refractivity contribution < 1.29 is 9.52 Å². The van der Waals surface area contributed by atoms with E-state index in [-0.39, 0.29) is 11.1 Å². The lowest BCUT2D eigenvalue weighted by Crippen LogP contribution is -2.19. The van der Waals surface area contributed by atoms with Crippen molar-refractivity contribution >= 4 is 22.9 Å². The van der Waals surface area contributed by atoms with Gasteiger partial charge in [0.2, 0.25) is 0 Å². The summed E-state index contributed by atoms with van der Waals surface area (Å²) in [5.74, 6) is -0.143. The Morgan fingerprint density at radius 2 is 2.31 bits per heavy atom. The smallest absolute Gasteiger partial charge is 0.198 e. The molecule has 0 saturated carbocycles. The van der Waals surface area contributed by atoms with Gasteiger partial charge in [0.15, 0.2) is 5.22 Å². The molecular formula is C11H12ClNO2S. The molecule has 0 spiro atoms. The van der Waals surface area contributed by atoms with Gasteiger partial charge >= 0.3 is 0 Å². The summed E-state index contributed by atoms with van der Waals surface area (Å²) in [6, 6.07) is 5.56. The summed E-state index contributed by atoms with van der Waals surface area (Å²) >= 11 is 7.41. The first-order valence-corrected chi connectivity index (χ1v) is 6.14. The molecule has 0 fully saturated rings. The Balaban J connectivity index is 2.26. The second-order valence-corrected chi connectivity index (χ2v) is 4.77. The Morgan fingerprint density at radius 1 is 1.50 bits per heavy atom. The van der Waals surface area contributed by atoms with Crippen molar-refractivity contribution in [3.8, 4) is 0 Å². The van der Waals surface area contributed by atoms with Gasteiger partial charge in [0.1, 0.15) is 0 Å². The summed E-state index contributed by atoms with van der Waals surface area (Å²) in [6.07, 6.45) is 0.734. The molecule has 0 aliphatic carbocycles. The Morgan fingerprint density at radius 3 is 2.81 bits per heavy atom. The van der Waals surface area contributed by atoms with Crippen molar-refractivity contribution in [2.45, 2.75) is 12.0 Å². The van der Waals surface area contributed by atoms with Crippen LogP contribution in [0.4, 0.5) is 0 Å². The highest BCUT2D eigenvalue weighted by molar-refractivity contribution is 7.10. The summed E-state index contributed by atoms with van der Waals surface area (Å²) in [7, 11) is 0. The minimum atomic E-state index is -0.727. The number of thiophene rings is 1. The van der Waals surface area contributed by atoms with Gasteiger partial charge in [0, 0.05) is 22.9 Å². The van der Waals surface area contributed by atoms with E-state index in [9.17, 15) is 5.11 Å². The minimum absolute atomic E-state index is 0.143. The predicted molar refractivity (Wildman–Crippen MR) is 64.8 cm³/mol. The molecule has 16 heavy (non-hydrogen) atoms. The number of halogens is 1. The van der Waals surface area contributed by atoms with Gasteiger partial charge in [-0.3, -0.25) is 0 Å². The Bertz CT molecular complexity index is 441. The van der Waals surface area contributed by atoms with E-state index in [0.29, 0.717) is 12.1 Å². The maximum Gasteiger partial charge on any atom is 0.198 e. The van der Waals surface area contributed by atoms with Crippen molar-refractivity contribution in [1.29, 1.82) is 0 Å². The molecule has 3 N–H and O–H groups in total. The van der Waals surface area contributed by atoms with E-state index in [0.717, 1.165) is 4.88 Å². The van der Waals surface area contributed by atoms with Crippen molar-refractivity contribution in [3.63, 3.8) is 0 Å². The third kappa shape index (κ3) is 2.15. The fourth-order valence-corrected chi connectivity index (χ4v) is 2.73. The van der Waals surface area contributed by atoms with Crippen LogP contribution in [-0.4, -0.2) is 11.7 Å². The number of rotatable bonds is 4. The molecule has 0 saturated heterocycles. The molecule has 0 aliphatic rings. The fraction of sp³-hybridized carbons (Fsp3) is 0.273. The molecule has 2 unspecified atom stereocenters. The molecule has 5 heteroatoms. The highest BCUT2D eigenvalue weighted by Gasteiger charge is 2.25.